The minimum Gasteiger partial charge on any atom is -0.507 e. The minimum absolute atomic E-state index is 0.0397. The number of aromatic nitrogens is 3. The maximum Gasteiger partial charge on any atom is 0.149 e. The number of rotatable bonds is 11. The van der Waals surface area contributed by atoms with Crippen molar-refractivity contribution in [3.05, 3.63) is 191 Å². The molecular weight excluding hydrogens is 839 g/mol. The van der Waals surface area contributed by atoms with Crippen molar-refractivity contribution in [1.29, 1.82) is 0 Å². The van der Waals surface area contributed by atoms with Gasteiger partial charge in [0, 0.05) is 35.1 Å². The monoisotopic (exact) mass is 919 g/mol. The molecule has 0 radical (unpaired) electrons. The smallest absolute Gasteiger partial charge is 0.149 e. The molecule has 0 bridgehead atoms. The fourth-order valence-corrected chi connectivity index (χ4v) is 9.47. The van der Waals surface area contributed by atoms with Crippen LogP contribution in [-0.2, 0) is 5.41 Å². The molecule has 4 nitrogen and oxygen atoms in total. The maximum atomic E-state index is 12.4. The molecule has 2 aromatic heterocycles. The summed E-state index contributed by atoms with van der Waals surface area (Å²) in [5.41, 5.74) is 9.08. The third-order valence-corrected chi connectivity index (χ3v) is 13.2. The average molecular weight is 919 g/mol. The van der Waals surface area contributed by atoms with Crippen molar-refractivity contribution in [2.75, 3.05) is 0 Å². The number of hydrogen-bond donors (Lipinski definition) is 1. The first-order chi connectivity index (χ1) is 38.2. The van der Waals surface area contributed by atoms with Crippen LogP contribution in [0.2, 0.25) is 0 Å². The predicted molar refractivity (Wildman–Crippen MR) is 293 cm³/mol. The summed E-state index contributed by atoms with van der Waals surface area (Å²) in [6, 6.07) is 46.3. The Morgan fingerprint density at radius 1 is 0.551 bits per heavy atom. The van der Waals surface area contributed by atoms with Gasteiger partial charge in [0.15, 0.2) is 0 Å². The number of hydrogen-bond acceptors (Lipinski definition) is 3. The number of nitrogens with zero attached hydrogens (tertiary/aromatic N) is 3. The summed E-state index contributed by atoms with van der Waals surface area (Å²) in [5.74, 6) is -0.574. The zero-order chi connectivity index (χ0) is 59.8. The molecule has 0 atom stereocenters. The van der Waals surface area contributed by atoms with E-state index in [9.17, 15) is 10.6 Å². The Morgan fingerprint density at radius 3 is 1.93 bits per heavy atom. The normalized spacial score (nSPS) is 15.7. The lowest BCUT2D eigenvalue weighted by Crippen LogP contribution is -2.10. The fourth-order valence-electron chi connectivity index (χ4n) is 9.47. The Labute approximate surface area is 429 Å². The van der Waals surface area contributed by atoms with Gasteiger partial charge in [-0.1, -0.05) is 173 Å². The lowest BCUT2D eigenvalue weighted by atomic mass is 9.84. The fraction of sp³-hybridized carbons (Fsp3) is 0.262. The number of pyridine rings is 1. The summed E-state index contributed by atoms with van der Waals surface area (Å²) < 4.78 is 113. The molecule has 9 rings (SSSR count). The second-order valence-electron chi connectivity index (χ2n) is 19.3. The molecule has 4 heteroatoms. The summed E-state index contributed by atoms with van der Waals surface area (Å²) in [6.07, 6.45) is 1.63. The molecule has 0 saturated heterocycles. The molecule has 69 heavy (non-hydrogen) atoms. The minimum atomic E-state index is -3.41. The SMILES string of the molecule is [2H]C([2H])([2H])c1cc(-c2c(C(C)C)cccc2C([2H])(C)C)ccc1-n1c(-c2cc(C(C)C)cc(C(C)C)c2O)nc2c(-c3cc(-c4ccccc4)cc(-c4cc(-c5ccc(C(C([2H])([2H])[2H])(C([2H])([2H])[2H])C([2H])([2H])[2H])cc5)ccn4)c3)cccc21. The van der Waals surface area contributed by atoms with Crippen LogP contribution in [0.1, 0.15) is 151 Å². The second kappa shape index (κ2) is 18.8. The standard InChI is InChI=1S/C65H67N3O/c1-39(2)48-36-56(42(7)8)63(69)57(37-48)64-67-62-55(22-17-23-60(62)68(64)59-29-26-47(32-43(59)9)61-53(40(3)4)20-16-21-54(61)41(5)6)50-33-49(44-18-14-13-15-19-44)34-51(35-50)58-38-46(30-31-66-58)45-24-27-52(28-25-45)65(10,11)12/h13-42,69H,1-12H3/i9D3,10D3,11D3,12D3,40D. The van der Waals surface area contributed by atoms with Gasteiger partial charge in [0.05, 0.1) is 28.0 Å². The van der Waals surface area contributed by atoms with E-state index in [0.717, 1.165) is 44.5 Å². The lowest BCUT2D eigenvalue weighted by molar-refractivity contribution is 0.466. The van der Waals surface area contributed by atoms with Gasteiger partial charge in [-0.2, -0.15) is 0 Å². The molecule has 0 aliphatic rings. The van der Waals surface area contributed by atoms with E-state index in [4.69, 9.17) is 22.3 Å². The van der Waals surface area contributed by atoms with Crippen LogP contribution in [0.25, 0.3) is 83.9 Å². The van der Waals surface area contributed by atoms with E-state index in [-0.39, 0.29) is 34.6 Å². The van der Waals surface area contributed by atoms with Gasteiger partial charge < -0.3 is 5.11 Å². The molecule has 0 fully saturated rings. The van der Waals surface area contributed by atoms with Gasteiger partial charge in [-0.25, -0.2) is 4.98 Å². The molecule has 0 amide bonds. The molecule has 0 saturated carbocycles. The van der Waals surface area contributed by atoms with Gasteiger partial charge in [-0.05, 0) is 163 Å². The van der Waals surface area contributed by atoms with Crippen molar-refractivity contribution in [2.24, 2.45) is 0 Å². The highest BCUT2D eigenvalue weighted by Crippen LogP contribution is 2.45. The third-order valence-electron chi connectivity index (χ3n) is 13.2. The molecule has 7 aromatic carbocycles. The Morgan fingerprint density at radius 2 is 1.23 bits per heavy atom. The molecule has 9 aromatic rings. The van der Waals surface area contributed by atoms with Crippen molar-refractivity contribution in [3.8, 4) is 78.6 Å². The topological polar surface area (TPSA) is 50.9 Å². The Hall–Kier alpha value is -7.04. The van der Waals surface area contributed by atoms with E-state index >= 15 is 0 Å². The highest BCUT2D eigenvalue weighted by Gasteiger charge is 2.25. The van der Waals surface area contributed by atoms with Gasteiger partial charge in [-0.3, -0.25) is 9.55 Å². The number of fused-ring (bicyclic) bond motifs is 1. The van der Waals surface area contributed by atoms with E-state index < -0.39 is 38.7 Å². The van der Waals surface area contributed by atoms with Gasteiger partial charge in [0.2, 0.25) is 0 Å². The van der Waals surface area contributed by atoms with Crippen molar-refractivity contribution < 1.29 is 22.9 Å². The molecule has 348 valence electrons. The van der Waals surface area contributed by atoms with Crippen LogP contribution >= 0.6 is 0 Å². The van der Waals surface area contributed by atoms with Crippen LogP contribution in [0.4, 0.5) is 0 Å². The van der Waals surface area contributed by atoms with Crippen molar-refractivity contribution in [3.63, 3.8) is 0 Å². The number of benzene rings is 7. The van der Waals surface area contributed by atoms with Crippen molar-refractivity contribution >= 4 is 11.0 Å². The first-order valence-electron chi connectivity index (χ1n) is 30.2. The van der Waals surface area contributed by atoms with Gasteiger partial charge in [0.1, 0.15) is 11.6 Å². The highest BCUT2D eigenvalue weighted by atomic mass is 16.3. The molecule has 2 heterocycles. The third kappa shape index (κ3) is 9.18. The molecule has 0 unspecified atom stereocenters. The lowest BCUT2D eigenvalue weighted by Gasteiger charge is -2.22. The number of aromatic hydroxyl groups is 1. The van der Waals surface area contributed by atoms with E-state index in [1.54, 1.807) is 18.3 Å². The first-order valence-corrected chi connectivity index (χ1v) is 23.7. The molecule has 0 spiro atoms. The molecule has 1 N–H and O–H groups in total. The molecule has 0 aliphatic carbocycles. The van der Waals surface area contributed by atoms with Gasteiger partial charge >= 0.3 is 0 Å². The Bertz CT molecular complexity index is 3810. The summed E-state index contributed by atoms with van der Waals surface area (Å²) in [5, 5.41) is 12.4. The number of phenolic OH excluding ortho intramolecular Hbond substituents is 1. The largest absolute Gasteiger partial charge is 0.507 e. The summed E-state index contributed by atoms with van der Waals surface area (Å²) in [4.78, 5) is 10.3. The van der Waals surface area contributed by atoms with E-state index in [2.05, 4.69) is 33.8 Å². The number of para-hydroxylation sites is 1. The zero-order valence-electron chi connectivity index (χ0n) is 53.5. The zero-order valence-corrected chi connectivity index (χ0v) is 40.5. The van der Waals surface area contributed by atoms with Crippen LogP contribution in [0.3, 0.4) is 0 Å². The first kappa shape index (κ1) is 33.5. The van der Waals surface area contributed by atoms with E-state index in [1.165, 1.54) is 24.3 Å². The van der Waals surface area contributed by atoms with Crippen LogP contribution in [0.5, 0.6) is 5.75 Å². The summed E-state index contributed by atoms with van der Waals surface area (Å²) in [7, 11) is 0. The van der Waals surface area contributed by atoms with E-state index in [1.807, 2.05) is 141 Å². The van der Waals surface area contributed by atoms with Crippen LogP contribution < -0.4 is 0 Å². The van der Waals surface area contributed by atoms with Crippen LogP contribution in [0, 0.1) is 6.85 Å². The Kier molecular flexibility index (Phi) is 9.12. The number of phenols is 1. The number of aryl methyl sites for hydroxylation is 1. The molecule has 0 aliphatic heterocycles. The van der Waals surface area contributed by atoms with Crippen molar-refractivity contribution in [2.45, 2.75) is 112 Å². The quantitative estimate of drug-likeness (QED) is 0.141. The maximum absolute atomic E-state index is 12.4. The van der Waals surface area contributed by atoms with Crippen LogP contribution in [-0.4, -0.2) is 19.6 Å². The Balaban J connectivity index is 1.29. The second-order valence-corrected chi connectivity index (χ2v) is 19.3. The summed E-state index contributed by atoms with van der Waals surface area (Å²) in [6.45, 7) is 3.19. The van der Waals surface area contributed by atoms with E-state index in [0.29, 0.717) is 61.6 Å². The number of imidazole rings is 1. The summed E-state index contributed by atoms with van der Waals surface area (Å²) >= 11 is 0. The van der Waals surface area contributed by atoms with Gasteiger partial charge in [-0.15, -0.1) is 0 Å². The molecular formula is C65H67N3O. The predicted octanol–water partition coefficient (Wildman–Crippen LogP) is 18.2. The highest BCUT2D eigenvalue weighted by molar-refractivity contribution is 5.98. The average Bonchev–Trinajstić information content (AvgIpc) is 2.27. The van der Waals surface area contributed by atoms with Crippen molar-refractivity contribution in [1.82, 2.24) is 14.5 Å². The van der Waals surface area contributed by atoms with Gasteiger partial charge in [0.25, 0.3) is 0 Å². The van der Waals surface area contributed by atoms with Crippen LogP contribution in [0.15, 0.2) is 158 Å².